The summed E-state index contributed by atoms with van der Waals surface area (Å²) in [5, 5.41) is 19.6. The first-order valence-electron chi connectivity index (χ1n) is 2.89. The number of hydrogen-bond donors (Lipinski definition) is 2. The van der Waals surface area contributed by atoms with Crippen LogP contribution >= 0.6 is 0 Å². The third-order valence-corrected chi connectivity index (χ3v) is 1.30. The van der Waals surface area contributed by atoms with Gasteiger partial charge in [-0.05, 0) is 4.98 Å². The number of nitrogens with one attached hydrogen (secondary N) is 1. The van der Waals surface area contributed by atoms with Crippen molar-refractivity contribution in [2.45, 2.75) is 0 Å². The maximum absolute atomic E-state index is 10.8. The molecular weight excluding hydrogens is 148 g/mol. The Balaban J connectivity index is 2.87. The molecule has 0 saturated heterocycles. The molecule has 6 nitrogen and oxygen atoms in total. The zero-order valence-corrected chi connectivity index (χ0v) is 5.35. The Morgan fingerprint density at radius 3 is 3.27 bits per heavy atom. The Bertz CT molecular complexity index is 396. The maximum Gasteiger partial charge on any atom is 0.392 e. The summed E-state index contributed by atoms with van der Waals surface area (Å²) >= 11 is 0. The highest BCUT2D eigenvalue weighted by Crippen LogP contribution is 2.04. The van der Waals surface area contributed by atoms with Crippen molar-refractivity contribution < 1.29 is 9.84 Å². The molecule has 0 aliphatic carbocycles. The summed E-state index contributed by atoms with van der Waals surface area (Å²) in [6, 6.07) is -0.401. The molecule has 11 heavy (non-hydrogen) atoms. The Labute approximate surface area is 60.7 Å². The van der Waals surface area contributed by atoms with Crippen molar-refractivity contribution in [1.82, 2.24) is 15.0 Å². The quantitative estimate of drug-likeness (QED) is 0.385. The van der Waals surface area contributed by atoms with Gasteiger partial charge in [0.15, 0.2) is 11.8 Å². The smallest absolute Gasteiger partial charge is 0.392 e. The largest absolute Gasteiger partial charge is 0.740 e. The van der Waals surface area contributed by atoms with E-state index in [1.165, 1.54) is 12.5 Å². The number of H-pyrrole nitrogens is 1. The van der Waals surface area contributed by atoms with Gasteiger partial charge in [0, 0.05) is 0 Å². The zero-order valence-electron chi connectivity index (χ0n) is 5.35. The van der Waals surface area contributed by atoms with E-state index >= 15 is 0 Å². The van der Waals surface area contributed by atoms with E-state index in [2.05, 4.69) is 15.0 Å². The molecule has 6 heteroatoms. The molecule has 0 fully saturated rings. The predicted octanol–water partition coefficient (Wildman–Crippen LogP) is -0.703. The van der Waals surface area contributed by atoms with Crippen LogP contribution in [0.2, 0.25) is 0 Å². The minimum atomic E-state index is -0.401. The fraction of sp³-hybridized carbons (Fsp3) is 0. The SMILES string of the molecule is [O-][n+]1c[nH]c2cnc(O)nc21. The Kier molecular flexibility index (Phi) is 0.974. The van der Waals surface area contributed by atoms with E-state index in [1.54, 1.807) is 0 Å². The summed E-state index contributed by atoms with van der Waals surface area (Å²) in [5.41, 5.74) is 0.635. The number of fused-ring (bicyclic) bond motifs is 1. The monoisotopic (exact) mass is 152 g/mol. The van der Waals surface area contributed by atoms with E-state index in [-0.39, 0.29) is 5.65 Å². The molecule has 0 saturated carbocycles. The summed E-state index contributed by atoms with van der Waals surface area (Å²) in [6.45, 7) is 0. The van der Waals surface area contributed by atoms with Gasteiger partial charge >= 0.3 is 11.7 Å². The number of nitrogens with zero attached hydrogens (tertiary/aromatic N) is 3. The summed E-state index contributed by atoms with van der Waals surface area (Å²) < 4.78 is 0.525. The molecule has 0 spiro atoms. The van der Waals surface area contributed by atoms with Crippen LogP contribution in [0.1, 0.15) is 0 Å². The molecule has 0 unspecified atom stereocenters. The second-order valence-corrected chi connectivity index (χ2v) is 2.01. The van der Waals surface area contributed by atoms with Crippen LogP contribution in [-0.2, 0) is 0 Å². The van der Waals surface area contributed by atoms with E-state index in [4.69, 9.17) is 5.11 Å². The average molecular weight is 152 g/mol. The number of aromatic hydroxyl groups is 1. The van der Waals surface area contributed by atoms with Crippen LogP contribution in [0.3, 0.4) is 0 Å². The summed E-state index contributed by atoms with van der Waals surface area (Å²) in [7, 11) is 0. The van der Waals surface area contributed by atoms with Crippen LogP contribution in [0.25, 0.3) is 11.2 Å². The van der Waals surface area contributed by atoms with E-state index in [9.17, 15) is 5.21 Å². The van der Waals surface area contributed by atoms with Crippen LogP contribution in [-0.4, -0.2) is 20.1 Å². The van der Waals surface area contributed by atoms with Gasteiger partial charge < -0.3 is 10.3 Å². The Hall–Kier alpha value is -1.85. The van der Waals surface area contributed by atoms with Crippen molar-refractivity contribution in [1.29, 1.82) is 0 Å². The van der Waals surface area contributed by atoms with Crippen LogP contribution in [0.15, 0.2) is 12.5 Å². The summed E-state index contributed by atoms with van der Waals surface area (Å²) in [6.07, 6.45) is 2.53. The van der Waals surface area contributed by atoms with Crippen LogP contribution in [0, 0.1) is 5.21 Å². The lowest BCUT2D eigenvalue weighted by atomic mass is 10.6. The van der Waals surface area contributed by atoms with Gasteiger partial charge in [-0.25, -0.2) is 4.73 Å². The highest BCUT2D eigenvalue weighted by Gasteiger charge is 2.07. The second-order valence-electron chi connectivity index (χ2n) is 2.01. The minimum Gasteiger partial charge on any atom is -0.740 e. The van der Waals surface area contributed by atoms with E-state index in [1.807, 2.05) is 0 Å². The molecule has 0 radical (unpaired) electrons. The fourth-order valence-electron chi connectivity index (χ4n) is 0.823. The van der Waals surface area contributed by atoms with Crippen LogP contribution in [0.5, 0.6) is 6.01 Å². The number of hydrogen-bond acceptors (Lipinski definition) is 4. The van der Waals surface area contributed by atoms with E-state index in [0.29, 0.717) is 10.2 Å². The Morgan fingerprint density at radius 2 is 2.45 bits per heavy atom. The van der Waals surface area contributed by atoms with Gasteiger partial charge in [-0.15, -0.1) is 0 Å². The van der Waals surface area contributed by atoms with Crippen molar-refractivity contribution in [2.75, 3.05) is 0 Å². The molecule has 0 amide bonds. The van der Waals surface area contributed by atoms with Crippen molar-refractivity contribution in [3.63, 3.8) is 0 Å². The first kappa shape index (κ1) is 5.90. The molecule has 2 aromatic rings. The van der Waals surface area contributed by atoms with Crippen molar-refractivity contribution in [3.05, 3.63) is 17.7 Å². The number of aromatic nitrogens is 4. The van der Waals surface area contributed by atoms with Gasteiger partial charge in [0.1, 0.15) is 0 Å². The lowest BCUT2D eigenvalue weighted by Gasteiger charge is -1.93. The van der Waals surface area contributed by atoms with Crippen molar-refractivity contribution in [2.24, 2.45) is 0 Å². The molecule has 0 atom stereocenters. The van der Waals surface area contributed by atoms with Crippen LogP contribution in [0.4, 0.5) is 0 Å². The molecule has 2 aromatic heterocycles. The molecule has 0 aliphatic rings. The normalized spacial score (nSPS) is 10.5. The first-order valence-corrected chi connectivity index (χ1v) is 2.89. The molecule has 2 heterocycles. The zero-order chi connectivity index (χ0) is 7.84. The van der Waals surface area contributed by atoms with Crippen molar-refractivity contribution in [3.8, 4) is 6.01 Å². The molecule has 2 N–H and O–H groups in total. The van der Waals surface area contributed by atoms with Crippen LogP contribution < -0.4 is 4.73 Å². The summed E-state index contributed by atoms with van der Waals surface area (Å²) in [4.78, 5) is 9.61. The number of aromatic amines is 1. The Morgan fingerprint density at radius 1 is 1.64 bits per heavy atom. The number of imidazole rings is 1. The fourth-order valence-corrected chi connectivity index (χ4v) is 0.823. The lowest BCUT2D eigenvalue weighted by Crippen LogP contribution is -2.23. The molecule has 0 bridgehead atoms. The summed E-state index contributed by atoms with van der Waals surface area (Å²) in [5.74, 6) is 0. The topological polar surface area (TPSA) is 88.7 Å². The first-order chi connectivity index (χ1) is 5.27. The van der Waals surface area contributed by atoms with Gasteiger partial charge in [0.2, 0.25) is 0 Å². The minimum absolute atomic E-state index is 0.137. The van der Waals surface area contributed by atoms with Gasteiger partial charge in [-0.3, -0.25) is 4.98 Å². The van der Waals surface area contributed by atoms with E-state index in [0.717, 1.165) is 0 Å². The third-order valence-electron chi connectivity index (χ3n) is 1.30. The standard InChI is InChI=1S/C5H4N4O2/c10-5-6-1-3-4(8-5)9(11)2-7-3/h1-2,7H,(H,6,8,10). The van der Waals surface area contributed by atoms with Gasteiger partial charge in [0.05, 0.1) is 6.20 Å². The predicted molar refractivity (Wildman–Crippen MR) is 34.5 cm³/mol. The third kappa shape index (κ3) is 0.759. The van der Waals surface area contributed by atoms with E-state index < -0.39 is 6.01 Å². The number of rotatable bonds is 0. The van der Waals surface area contributed by atoms with Gasteiger partial charge in [0.25, 0.3) is 0 Å². The van der Waals surface area contributed by atoms with Crippen molar-refractivity contribution >= 4 is 11.2 Å². The lowest BCUT2D eigenvalue weighted by molar-refractivity contribution is -0.578. The molecule has 2 rings (SSSR count). The molecular formula is C5H4N4O2. The highest BCUT2D eigenvalue weighted by molar-refractivity contribution is 5.64. The molecule has 0 aliphatic heterocycles. The second kappa shape index (κ2) is 1.82. The average Bonchev–Trinajstić information content (AvgIpc) is 2.33. The highest BCUT2D eigenvalue weighted by atomic mass is 16.5. The van der Waals surface area contributed by atoms with Gasteiger partial charge in [-0.1, -0.05) is 0 Å². The molecule has 56 valence electrons. The molecule has 0 aromatic carbocycles. The van der Waals surface area contributed by atoms with Gasteiger partial charge in [-0.2, -0.15) is 4.98 Å². The maximum atomic E-state index is 10.8.